The molecule has 0 bridgehead atoms. The molecule has 1 aromatic carbocycles. The van der Waals surface area contributed by atoms with Crippen molar-refractivity contribution in [1.82, 2.24) is 15.3 Å². The molecule has 1 aliphatic rings. The maximum absolute atomic E-state index is 11.1. The molecule has 1 fully saturated rings. The van der Waals surface area contributed by atoms with Gasteiger partial charge < -0.3 is 20.4 Å². The molecule has 0 saturated carbocycles. The molecule has 1 aliphatic heterocycles. The molecule has 7 nitrogen and oxygen atoms in total. The van der Waals surface area contributed by atoms with Crippen molar-refractivity contribution in [3.05, 3.63) is 36.0 Å². The third-order valence-electron chi connectivity index (χ3n) is 4.24. The lowest BCUT2D eigenvalue weighted by Crippen LogP contribution is -2.31. The number of rotatable bonds is 4. The predicted octanol–water partition coefficient (Wildman–Crippen LogP) is 1.66. The first kappa shape index (κ1) is 17.2. The quantitative estimate of drug-likeness (QED) is 0.777. The number of carbonyl (C=O) groups is 1. The fourth-order valence-corrected chi connectivity index (χ4v) is 3.08. The van der Waals surface area contributed by atoms with E-state index in [4.69, 9.17) is 5.11 Å². The number of phenols is 1. The second kappa shape index (κ2) is 7.48. The molecule has 0 radical (unpaired) electrons. The van der Waals surface area contributed by atoms with Crippen LogP contribution in [0, 0.1) is 12.8 Å². The zero-order valence-electron chi connectivity index (χ0n) is 14.1. The number of para-hydroxylation sites is 1. The van der Waals surface area contributed by atoms with Gasteiger partial charge in [0.05, 0.1) is 12.0 Å². The van der Waals surface area contributed by atoms with Crippen molar-refractivity contribution < 1.29 is 15.0 Å². The van der Waals surface area contributed by atoms with E-state index in [1.165, 1.54) is 0 Å². The fraction of sp³-hybridized carbons (Fsp3) is 0.389. The molecule has 0 amide bonds. The fourth-order valence-electron chi connectivity index (χ4n) is 3.08. The molecule has 1 atom stereocenters. The number of hydrogen-bond donors (Lipinski definition) is 3. The maximum atomic E-state index is 11.1. The average Bonchev–Trinajstić information content (AvgIpc) is 2.79. The lowest BCUT2D eigenvalue weighted by atomic mass is 10.1. The summed E-state index contributed by atoms with van der Waals surface area (Å²) in [7, 11) is 0. The summed E-state index contributed by atoms with van der Waals surface area (Å²) in [5.41, 5.74) is 1.39. The number of aromatic hydroxyl groups is 1. The highest BCUT2D eigenvalue weighted by atomic mass is 16.4. The molecule has 132 valence electrons. The number of hydrogen-bond acceptors (Lipinski definition) is 6. The van der Waals surface area contributed by atoms with Gasteiger partial charge in [0.2, 0.25) is 0 Å². The van der Waals surface area contributed by atoms with E-state index in [1.807, 2.05) is 19.1 Å². The van der Waals surface area contributed by atoms with Gasteiger partial charge in [-0.3, -0.25) is 4.79 Å². The van der Waals surface area contributed by atoms with Crippen LogP contribution in [0.1, 0.15) is 12.1 Å². The normalized spacial score (nSPS) is 18.0. The van der Waals surface area contributed by atoms with Crippen LogP contribution in [0.4, 0.5) is 5.82 Å². The van der Waals surface area contributed by atoms with Gasteiger partial charge in [-0.15, -0.1) is 0 Å². The second-order valence-corrected chi connectivity index (χ2v) is 6.32. The number of aliphatic carboxylic acids is 1. The highest BCUT2D eigenvalue weighted by Gasteiger charge is 2.22. The number of carboxylic acids is 1. The lowest BCUT2D eigenvalue weighted by Gasteiger charge is -2.25. The van der Waals surface area contributed by atoms with Crippen molar-refractivity contribution in [2.75, 3.05) is 31.1 Å². The standard InChI is InChI=1S/C18H22N4O3/c1-12-8-16(21-18(20-12)14-4-2-3-5-15(14)23)22-7-6-19-10-13(11-22)9-17(24)25/h2-5,8,13,19,23H,6-7,9-11H2,1H3,(H,24,25). The van der Waals surface area contributed by atoms with Crippen LogP contribution in [0.15, 0.2) is 30.3 Å². The SMILES string of the molecule is Cc1cc(N2CCNCC(CC(=O)O)C2)nc(-c2ccccc2O)n1. The van der Waals surface area contributed by atoms with Crippen molar-refractivity contribution in [3.63, 3.8) is 0 Å². The summed E-state index contributed by atoms with van der Waals surface area (Å²) in [5, 5.41) is 22.4. The molecule has 3 rings (SSSR count). The van der Waals surface area contributed by atoms with Crippen LogP contribution in [0.3, 0.4) is 0 Å². The van der Waals surface area contributed by atoms with Crippen molar-refractivity contribution in [3.8, 4) is 17.1 Å². The average molecular weight is 342 g/mol. The first-order valence-electron chi connectivity index (χ1n) is 8.34. The van der Waals surface area contributed by atoms with Crippen molar-refractivity contribution in [2.24, 2.45) is 5.92 Å². The van der Waals surface area contributed by atoms with E-state index >= 15 is 0 Å². The first-order chi connectivity index (χ1) is 12.0. The van der Waals surface area contributed by atoms with Gasteiger partial charge in [-0.2, -0.15) is 0 Å². The monoisotopic (exact) mass is 342 g/mol. The molecular formula is C18H22N4O3. The minimum Gasteiger partial charge on any atom is -0.507 e. The Labute approximate surface area is 146 Å². The predicted molar refractivity (Wildman–Crippen MR) is 94.7 cm³/mol. The number of phenolic OH excluding ortho intramolecular Hbond substituents is 1. The molecule has 25 heavy (non-hydrogen) atoms. The Morgan fingerprint density at radius 2 is 2.16 bits per heavy atom. The number of carboxylic acid groups (broad SMARTS) is 1. The highest BCUT2D eigenvalue weighted by molar-refractivity contribution is 5.67. The number of nitrogens with one attached hydrogen (secondary N) is 1. The van der Waals surface area contributed by atoms with Gasteiger partial charge in [-0.1, -0.05) is 12.1 Å². The van der Waals surface area contributed by atoms with Crippen LogP contribution in [0.25, 0.3) is 11.4 Å². The Morgan fingerprint density at radius 1 is 1.36 bits per heavy atom. The number of aryl methyl sites for hydroxylation is 1. The third kappa shape index (κ3) is 4.24. The summed E-state index contributed by atoms with van der Waals surface area (Å²) >= 11 is 0. The molecule has 7 heteroatoms. The van der Waals surface area contributed by atoms with Crippen LogP contribution in [0.5, 0.6) is 5.75 Å². The lowest BCUT2D eigenvalue weighted by molar-refractivity contribution is -0.137. The van der Waals surface area contributed by atoms with Crippen LogP contribution in [0.2, 0.25) is 0 Å². The zero-order chi connectivity index (χ0) is 17.8. The van der Waals surface area contributed by atoms with Crippen molar-refractivity contribution in [2.45, 2.75) is 13.3 Å². The number of benzene rings is 1. The van der Waals surface area contributed by atoms with Crippen molar-refractivity contribution >= 4 is 11.8 Å². The molecule has 2 heterocycles. The van der Waals surface area contributed by atoms with Crippen LogP contribution in [-0.2, 0) is 4.79 Å². The van der Waals surface area contributed by atoms with E-state index in [0.717, 1.165) is 24.6 Å². The molecule has 0 aliphatic carbocycles. The molecule has 1 aromatic heterocycles. The molecule has 2 aromatic rings. The van der Waals surface area contributed by atoms with E-state index in [0.29, 0.717) is 24.5 Å². The van der Waals surface area contributed by atoms with Gasteiger partial charge in [0.15, 0.2) is 5.82 Å². The number of anilines is 1. The maximum Gasteiger partial charge on any atom is 0.303 e. The molecule has 1 unspecified atom stereocenters. The Kier molecular flexibility index (Phi) is 5.14. The molecule has 1 saturated heterocycles. The van der Waals surface area contributed by atoms with Crippen LogP contribution in [-0.4, -0.2) is 52.3 Å². The van der Waals surface area contributed by atoms with E-state index in [1.54, 1.807) is 18.2 Å². The summed E-state index contributed by atoms with van der Waals surface area (Å²) < 4.78 is 0. The summed E-state index contributed by atoms with van der Waals surface area (Å²) in [4.78, 5) is 22.2. The van der Waals surface area contributed by atoms with Gasteiger partial charge in [0.1, 0.15) is 11.6 Å². The summed E-state index contributed by atoms with van der Waals surface area (Å²) in [6, 6.07) is 8.88. The molecular weight excluding hydrogens is 320 g/mol. The Bertz CT molecular complexity index is 766. The van der Waals surface area contributed by atoms with Gasteiger partial charge in [-0.25, -0.2) is 9.97 Å². The first-order valence-corrected chi connectivity index (χ1v) is 8.34. The Balaban J connectivity index is 1.91. The van der Waals surface area contributed by atoms with Crippen molar-refractivity contribution in [1.29, 1.82) is 0 Å². The summed E-state index contributed by atoms with van der Waals surface area (Å²) in [6.07, 6.45) is 0.125. The smallest absolute Gasteiger partial charge is 0.303 e. The second-order valence-electron chi connectivity index (χ2n) is 6.32. The summed E-state index contributed by atoms with van der Waals surface area (Å²) in [5.74, 6) is 0.594. The van der Waals surface area contributed by atoms with E-state index in [2.05, 4.69) is 20.2 Å². The number of aromatic nitrogens is 2. The van der Waals surface area contributed by atoms with Crippen LogP contribution >= 0.6 is 0 Å². The largest absolute Gasteiger partial charge is 0.507 e. The van der Waals surface area contributed by atoms with Gasteiger partial charge >= 0.3 is 5.97 Å². The topological polar surface area (TPSA) is 98.6 Å². The van der Waals surface area contributed by atoms with Gasteiger partial charge in [0, 0.05) is 37.9 Å². The molecule has 3 N–H and O–H groups in total. The van der Waals surface area contributed by atoms with E-state index in [-0.39, 0.29) is 18.1 Å². The summed E-state index contributed by atoms with van der Waals surface area (Å²) in [6.45, 7) is 4.70. The van der Waals surface area contributed by atoms with Gasteiger partial charge in [-0.05, 0) is 25.0 Å². The Hall–Kier alpha value is -2.67. The zero-order valence-corrected chi connectivity index (χ0v) is 14.1. The van der Waals surface area contributed by atoms with Gasteiger partial charge in [0.25, 0.3) is 0 Å². The Morgan fingerprint density at radius 3 is 2.92 bits per heavy atom. The highest BCUT2D eigenvalue weighted by Crippen LogP contribution is 2.28. The van der Waals surface area contributed by atoms with E-state index < -0.39 is 5.97 Å². The third-order valence-corrected chi connectivity index (χ3v) is 4.24. The minimum absolute atomic E-state index is 0.0175. The number of nitrogens with zero attached hydrogens (tertiary/aromatic N) is 3. The van der Waals surface area contributed by atoms with Crippen LogP contribution < -0.4 is 10.2 Å². The minimum atomic E-state index is -0.789. The van der Waals surface area contributed by atoms with E-state index in [9.17, 15) is 9.90 Å². The molecule has 0 spiro atoms.